The summed E-state index contributed by atoms with van der Waals surface area (Å²) in [5.74, 6) is 0.292. The third kappa shape index (κ3) is 1.56. The third-order valence-corrected chi connectivity index (χ3v) is 1.44. The van der Waals surface area contributed by atoms with Gasteiger partial charge in [-0.2, -0.15) is 0 Å². The van der Waals surface area contributed by atoms with E-state index < -0.39 is 0 Å². The lowest BCUT2D eigenvalue weighted by molar-refractivity contribution is 0.900. The van der Waals surface area contributed by atoms with Crippen molar-refractivity contribution in [1.82, 2.24) is 4.98 Å². The number of nitrogens with zero attached hydrogens (tertiary/aromatic N) is 1. The smallest absolute Gasteiger partial charge is 0.0434 e. The van der Waals surface area contributed by atoms with Gasteiger partial charge in [-0.05, 0) is 37.5 Å². The highest BCUT2D eigenvalue weighted by Crippen LogP contribution is 2.10. The largest absolute Gasteiger partial charge is 0.261 e. The van der Waals surface area contributed by atoms with Gasteiger partial charge in [-0.3, -0.25) is 4.98 Å². The molecule has 1 nitrogen and oxygen atoms in total. The minimum atomic E-state index is 0.292. The molecular weight excluding hydrogens is 122 g/mol. The molecule has 1 radical (unpaired) electrons. The average molecular weight is 134 g/mol. The van der Waals surface area contributed by atoms with Crippen molar-refractivity contribution in [2.24, 2.45) is 0 Å². The van der Waals surface area contributed by atoms with Crippen LogP contribution in [0.25, 0.3) is 0 Å². The molecule has 1 aromatic rings. The fourth-order valence-corrected chi connectivity index (χ4v) is 0.829. The van der Waals surface area contributed by atoms with Crippen molar-refractivity contribution in [3.05, 3.63) is 36.5 Å². The first-order valence-corrected chi connectivity index (χ1v) is 3.46. The fourth-order valence-electron chi connectivity index (χ4n) is 0.829. The molecule has 1 unspecified atom stereocenters. The predicted molar refractivity (Wildman–Crippen MR) is 42.7 cm³/mol. The number of rotatable bonds is 1. The Morgan fingerprint density at radius 3 is 2.70 bits per heavy atom. The standard InChI is InChI=1S/C9H12N/c1-7(2)9-6-8(3)4-5-10-9/h4-7H,1H2,2-3H3. The summed E-state index contributed by atoms with van der Waals surface area (Å²) >= 11 is 0. The van der Waals surface area contributed by atoms with Crippen LogP contribution in [0.3, 0.4) is 0 Å². The van der Waals surface area contributed by atoms with Crippen molar-refractivity contribution in [3.63, 3.8) is 0 Å². The lowest BCUT2D eigenvalue weighted by atomic mass is 10.1. The van der Waals surface area contributed by atoms with E-state index in [2.05, 4.69) is 24.9 Å². The van der Waals surface area contributed by atoms with Crippen molar-refractivity contribution in [1.29, 1.82) is 0 Å². The van der Waals surface area contributed by atoms with Crippen LogP contribution in [0.4, 0.5) is 0 Å². The normalized spacial score (nSPS) is 10.4. The fraction of sp³-hybridized carbons (Fsp3) is 0.333. The summed E-state index contributed by atoms with van der Waals surface area (Å²) in [6.07, 6.45) is 1.83. The van der Waals surface area contributed by atoms with E-state index in [-0.39, 0.29) is 0 Å². The lowest BCUT2D eigenvalue weighted by Gasteiger charge is -2.02. The van der Waals surface area contributed by atoms with Gasteiger partial charge in [0.1, 0.15) is 0 Å². The lowest BCUT2D eigenvalue weighted by Crippen LogP contribution is -1.91. The van der Waals surface area contributed by atoms with Crippen LogP contribution < -0.4 is 0 Å². The van der Waals surface area contributed by atoms with Gasteiger partial charge in [0, 0.05) is 11.9 Å². The quantitative estimate of drug-likeness (QED) is 0.574. The SMILES string of the molecule is [CH2]C(C)c1cc(C)ccn1. The van der Waals surface area contributed by atoms with E-state index in [0.29, 0.717) is 5.92 Å². The second-order valence-electron chi connectivity index (χ2n) is 2.66. The van der Waals surface area contributed by atoms with Crippen molar-refractivity contribution in [2.75, 3.05) is 0 Å². The minimum absolute atomic E-state index is 0.292. The number of hydrogen-bond acceptors (Lipinski definition) is 1. The number of pyridine rings is 1. The van der Waals surface area contributed by atoms with E-state index >= 15 is 0 Å². The van der Waals surface area contributed by atoms with E-state index in [9.17, 15) is 0 Å². The summed E-state index contributed by atoms with van der Waals surface area (Å²) in [7, 11) is 0. The molecule has 0 saturated heterocycles. The van der Waals surface area contributed by atoms with E-state index in [0.717, 1.165) is 5.69 Å². The Balaban J connectivity index is 2.96. The van der Waals surface area contributed by atoms with Gasteiger partial charge in [0.05, 0.1) is 0 Å². The first-order valence-electron chi connectivity index (χ1n) is 3.46. The summed E-state index contributed by atoms with van der Waals surface area (Å²) in [5, 5.41) is 0. The van der Waals surface area contributed by atoms with Gasteiger partial charge in [-0.25, -0.2) is 0 Å². The number of aryl methyl sites for hydroxylation is 1. The van der Waals surface area contributed by atoms with Gasteiger partial charge in [0.25, 0.3) is 0 Å². The minimum Gasteiger partial charge on any atom is -0.261 e. The topological polar surface area (TPSA) is 12.9 Å². The van der Waals surface area contributed by atoms with Crippen molar-refractivity contribution < 1.29 is 0 Å². The molecule has 0 amide bonds. The van der Waals surface area contributed by atoms with Gasteiger partial charge < -0.3 is 0 Å². The maximum Gasteiger partial charge on any atom is 0.0434 e. The van der Waals surface area contributed by atoms with Crippen molar-refractivity contribution in [3.8, 4) is 0 Å². The Bertz CT molecular complexity index is 216. The second-order valence-corrected chi connectivity index (χ2v) is 2.66. The van der Waals surface area contributed by atoms with E-state index in [1.165, 1.54) is 5.56 Å². The molecule has 53 valence electrons. The molecule has 0 saturated carbocycles. The zero-order chi connectivity index (χ0) is 7.56. The Morgan fingerprint density at radius 1 is 1.60 bits per heavy atom. The summed E-state index contributed by atoms with van der Waals surface area (Å²) in [6.45, 7) is 7.99. The predicted octanol–water partition coefficient (Wildman–Crippen LogP) is 2.33. The van der Waals surface area contributed by atoms with Crippen LogP contribution in [0.5, 0.6) is 0 Å². The highest BCUT2D eigenvalue weighted by atomic mass is 14.7. The first-order chi connectivity index (χ1) is 4.70. The van der Waals surface area contributed by atoms with Gasteiger partial charge in [0.2, 0.25) is 0 Å². The van der Waals surface area contributed by atoms with Gasteiger partial charge in [-0.1, -0.05) is 6.92 Å². The summed E-state index contributed by atoms with van der Waals surface area (Å²) in [6, 6.07) is 4.06. The van der Waals surface area contributed by atoms with Crippen LogP contribution in [0.15, 0.2) is 18.3 Å². The monoisotopic (exact) mass is 134 g/mol. The molecule has 0 fully saturated rings. The molecule has 1 atom stereocenters. The van der Waals surface area contributed by atoms with Crippen LogP contribution in [-0.4, -0.2) is 4.98 Å². The van der Waals surface area contributed by atoms with Crippen LogP contribution in [0, 0.1) is 13.8 Å². The molecule has 0 aromatic carbocycles. The average Bonchev–Trinajstić information content (AvgIpc) is 1.88. The molecule has 10 heavy (non-hydrogen) atoms. The summed E-state index contributed by atoms with van der Waals surface area (Å²) in [5.41, 5.74) is 2.32. The molecule has 0 aliphatic carbocycles. The molecule has 1 rings (SSSR count). The maximum absolute atomic E-state index is 4.18. The molecule has 0 aliphatic heterocycles. The van der Waals surface area contributed by atoms with E-state index in [4.69, 9.17) is 0 Å². The molecule has 1 aromatic heterocycles. The number of aromatic nitrogens is 1. The summed E-state index contributed by atoms with van der Waals surface area (Å²) < 4.78 is 0. The summed E-state index contributed by atoms with van der Waals surface area (Å²) in [4.78, 5) is 4.18. The van der Waals surface area contributed by atoms with Crippen LogP contribution in [-0.2, 0) is 0 Å². The Morgan fingerprint density at radius 2 is 2.30 bits per heavy atom. The highest BCUT2D eigenvalue weighted by molar-refractivity contribution is 5.17. The highest BCUT2D eigenvalue weighted by Gasteiger charge is 1.98. The second kappa shape index (κ2) is 2.82. The zero-order valence-corrected chi connectivity index (χ0v) is 6.46. The maximum atomic E-state index is 4.18. The molecule has 0 spiro atoms. The third-order valence-electron chi connectivity index (χ3n) is 1.44. The van der Waals surface area contributed by atoms with Crippen molar-refractivity contribution in [2.45, 2.75) is 19.8 Å². The van der Waals surface area contributed by atoms with Crippen LogP contribution in [0.2, 0.25) is 0 Å². The Hall–Kier alpha value is -0.850. The number of hydrogen-bond donors (Lipinski definition) is 0. The van der Waals surface area contributed by atoms with Crippen LogP contribution in [0.1, 0.15) is 24.1 Å². The molecule has 0 N–H and O–H groups in total. The van der Waals surface area contributed by atoms with Crippen LogP contribution >= 0.6 is 0 Å². The Labute approximate surface area is 62.1 Å². The molecular formula is C9H12N. The van der Waals surface area contributed by atoms with E-state index in [1.54, 1.807) is 0 Å². The Kier molecular flexibility index (Phi) is 2.05. The molecule has 1 heterocycles. The zero-order valence-electron chi connectivity index (χ0n) is 6.46. The molecule has 1 heteroatoms. The molecule has 0 bridgehead atoms. The van der Waals surface area contributed by atoms with Gasteiger partial charge in [0.15, 0.2) is 0 Å². The van der Waals surface area contributed by atoms with Gasteiger partial charge in [-0.15, -0.1) is 0 Å². The van der Waals surface area contributed by atoms with Gasteiger partial charge >= 0.3 is 0 Å². The van der Waals surface area contributed by atoms with Crippen molar-refractivity contribution >= 4 is 0 Å². The molecule has 0 aliphatic rings. The first kappa shape index (κ1) is 7.26. The van der Waals surface area contributed by atoms with E-state index in [1.807, 2.05) is 19.2 Å².